The zero-order valence-electron chi connectivity index (χ0n) is 8.46. The molecule has 0 aromatic carbocycles. The van der Waals surface area contributed by atoms with Crippen molar-refractivity contribution in [3.63, 3.8) is 0 Å². The molecule has 2 heterocycles. The van der Waals surface area contributed by atoms with Crippen molar-refractivity contribution in [2.45, 2.75) is 25.4 Å². The Morgan fingerprint density at radius 3 is 3.07 bits per heavy atom. The average Bonchev–Trinajstić information content (AvgIpc) is 2.63. The number of nitrogens with two attached hydrogens (primary N) is 1. The molecule has 0 saturated carbocycles. The molecule has 1 aliphatic heterocycles. The van der Waals surface area contributed by atoms with Gasteiger partial charge in [0.2, 0.25) is 0 Å². The van der Waals surface area contributed by atoms with Crippen LogP contribution in [0.1, 0.15) is 24.6 Å². The van der Waals surface area contributed by atoms with E-state index in [-0.39, 0.29) is 11.8 Å². The van der Waals surface area contributed by atoms with Gasteiger partial charge in [-0.25, -0.2) is 13.4 Å². The van der Waals surface area contributed by atoms with Crippen LogP contribution in [-0.4, -0.2) is 29.5 Å². The first-order valence-electron chi connectivity index (χ1n) is 5.03. The molecule has 1 fully saturated rings. The van der Waals surface area contributed by atoms with Gasteiger partial charge in [-0.05, 0) is 12.8 Å². The Bertz CT molecular complexity index is 438. The van der Waals surface area contributed by atoms with E-state index >= 15 is 0 Å². The fourth-order valence-electron chi connectivity index (χ4n) is 2.04. The zero-order chi connectivity index (χ0) is 10.9. The van der Waals surface area contributed by atoms with Crippen molar-refractivity contribution < 1.29 is 8.42 Å². The summed E-state index contributed by atoms with van der Waals surface area (Å²) < 4.78 is 24.9. The van der Waals surface area contributed by atoms with Crippen molar-refractivity contribution in [2.24, 2.45) is 5.73 Å². The number of imidazole rings is 1. The highest BCUT2D eigenvalue weighted by molar-refractivity contribution is 7.91. The summed E-state index contributed by atoms with van der Waals surface area (Å²) in [6.45, 7) is 0.399. The van der Waals surface area contributed by atoms with E-state index in [1.807, 2.05) is 4.57 Å². The van der Waals surface area contributed by atoms with Crippen LogP contribution in [0.2, 0.25) is 0 Å². The minimum Gasteiger partial charge on any atom is -0.329 e. The lowest BCUT2D eigenvalue weighted by atomic mass is 10.2. The van der Waals surface area contributed by atoms with Crippen LogP contribution in [-0.2, 0) is 16.4 Å². The largest absolute Gasteiger partial charge is 0.329 e. The Hall–Kier alpha value is -0.880. The molecule has 1 aliphatic rings. The van der Waals surface area contributed by atoms with Crippen LogP contribution in [0.25, 0.3) is 0 Å². The molecule has 1 aromatic heterocycles. The molecule has 0 radical (unpaired) electrons. The maximum Gasteiger partial charge on any atom is 0.152 e. The summed E-state index contributed by atoms with van der Waals surface area (Å²) in [7, 11) is -2.87. The SMILES string of the molecule is NCc1cncn1C1CCCS(=O)(=O)C1. The van der Waals surface area contributed by atoms with Crippen LogP contribution < -0.4 is 5.73 Å². The summed E-state index contributed by atoms with van der Waals surface area (Å²) in [6, 6.07) is 0.0183. The number of aromatic nitrogens is 2. The molecular formula is C9H15N3O2S. The lowest BCUT2D eigenvalue weighted by molar-refractivity contribution is 0.459. The quantitative estimate of drug-likeness (QED) is 0.779. The molecule has 15 heavy (non-hydrogen) atoms. The highest BCUT2D eigenvalue weighted by atomic mass is 32.2. The highest BCUT2D eigenvalue weighted by Crippen LogP contribution is 2.24. The van der Waals surface area contributed by atoms with Gasteiger partial charge in [0, 0.05) is 18.8 Å². The van der Waals surface area contributed by atoms with E-state index in [1.165, 1.54) is 0 Å². The number of hydrogen-bond donors (Lipinski definition) is 1. The van der Waals surface area contributed by atoms with Crippen molar-refractivity contribution in [3.05, 3.63) is 18.2 Å². The van der Waals surface area contributed by atoms with Gasteiger partial charge >= 0.3 is 0 Å². The summed E-state index contributed by atoms with van der Waals surface area (Å²) in [5.74, 6) is 0.534. The summed E-state index contributed by atoms with van der Waals surface area (Å²) in [4.78, 5) is 4.00. The zero-order valence-corrected chi connectivity index (χ0v) is 9.28. The fraction of sp³-hybridized carbons (Fsp3) is 0.667. The number of hydrogen-bond acceptors (Lipinski definition) is 4. The van der Waals surface area contributed by atoms with Gasteiger partial charge in [-0.2, -0.15) is 0 Å². The maximum absolute atomic E-state index is 11.5. The van der Waals surface area contributed by atoms with Gasteiger partial charge in [-0.3, -0.25) is 0 Å². The van der Waals surface area contributed by atoms with Gasteiger partial charge in [0.25, 0.3) is 0 Å². The molecule has 0 aliphatic carbocycles. The second-order valence-electron chi connectivity index (χ2n) is 3.91. The predicted molar refractivity (Wildman–Crippen MR) is 57.0 cm³/mol. The first-order chi connectivity index (χ1) is 7.12. The number of nitrogens with zero attached hydrogens (tertiary/aromatic N) is 2. The molecule has 0 amide bonds. The van der Waals surface area contributed by atoms with Gasteiger partial charge in [0.05, 0.1) is 23.5 Å². The van der Waals surface area contributed by atoms with Crippen molar-refractivity contribution in [1.82, 2.24) is 9.55 Å². The molecule has 1 aromatic rings. The lowest BCUT2D eigenvalue weighted by Crippen LogP contribution is -2.28. The van der Waals surface area contributed by atoms with Gasteiger partial charge in [0.1, 0.15) is 0 Å². The molecule has 1 saturated heterocycles. The average molecular weight is 229 g/mol. The monoisotopic (exact) mass is 229 g/mol. The Labute approximate surface area is 89.2 Å². The molecule has 2 N–H and O–H groups in total. The summed E-state index contributed by atoms with van der Waals surface area (Å²) in [5.41, 5.74) is 6.46. The molecule has 5 nitrogen and oxygen atoms in total. The maximum atomic E-state index is 11.5. The third-order valence-corrected chi connectivity index (χ3v) is 4.59. The van der Waals surface area contributed by atoms with Gasteiger partial charge in [-0.1, -0.05) is 0 Å². The molecule has 2 rings (SSSR count). The van der Waals surface area contributed by atoms with Crippen LogP contribution in [0.4, 0.5) is 0 Å². The standard InChI is InChI=1S/C9H15N3O2S/c10-4-9-5-11-7-12(9)8-2-1-3-15(13,14)6-8/h5,7-8H,1-4,6,10H2. The highest BCUT2D eigenvalue weighted by Gasteiger charge is 2.26. The number of sulfone groups is 1. The minimum atomic E-state index is -2.87. The van der Waals surface area contributed by atoms with Gasteiger partial charge < -0.3 is 10.3 Å². The van der Waals surface area contributed by atoms with Crippen LogP contribution in [0.15, 0.2) is 12.5 Å². The smallest absolute Gasteiger partial charge is 0.152 e. The molecular weight excluding hydrogens is 214 g/mol. The molecule has 0 spiro atoms. The Kier molecular flexibility index (Phi) is 2.79. The third kappa shape index (κ3) is 2.21. The van der Waals surface area contributed by atoms with E-state index in [1.54, 1.807) is 12.5 Å². The molecule has 6 heteroatoms. The van der Waals surface area contributed by atoms with Gasteiger partial charge in [0.15, 0.2) is 9.84 Å². The summed E-state index contributed by atoms with van der Waals surface area (Å²) in [5, 5.41) is 0. The van der Waals surface area contributed by atoms with E-state index in [0.29, 0.717) is 12.3 Å². The van der Waals surface area contributed by atoms with Crippen LogP contribution in [0.5, 0.6) is 0 Å². The van der Waals surface area contributed by atoms with Crippen molar-refractivity contribution in [2.75, 3.05) is 11.5 Å². The van der Waals surface area contributed by atoms with E-state index in [4.69, 9.17) is 5.73 Å². The molecule has 84 valence electrons. The first kappa shape index (κ1) is 10.6. The topological polar surface area (TPSA) is 78.0 Å². The van der Waals surface area contributed by atoms with Crippen LogP contribution >= 0.6 is 0 Å². The van der Waals surface area contributed by atoms with Crippen LogP contribution in [0, 0.1) is 0 Å². The lowest BCUT2D eigenvalue weighted by Gasteiger charge is -2.24. The molecule has 0 bridgehead atoms. The Morgan fingerprint density at radius 1 is 1.60 bits per heavy atom. The normalized spacial score (nSPS) is 25.3. The third-order valence-electron chi connectivity index (χ3n) is 2.79. The van der Waals surface area contributed by atoms with Crippen LogP contribution in [0.3, 0.4) is 0 Å². The molecule has 1 unspecified atom stereocenters. The summed E-state index contributed by atoms with van der Waals surface area (Å²) >= 11 is 0. The van der Waals surface area contributed by atoms with E-state index in [2.05, 4.69) is 4.98 Å². The van der Waals surface area contributed by atoms with Crippen molar-refractivity contribution in [3.8, 4) is 0 Å². The van der Waals surface area contributed by atoms with Crippen molar-refractivity contribution >= 4 is 9.84 Å². The molecule has 1 atom stereocenters. The van der Waals surface area contributed by atoms with Crippen molar-refractivity contribution in [1.29, 1.82) is 0 Å². The second-order valence-corrected chi connectivity index (χ2v) is 6.14. The number of rotatable bonds is 2. The van der Waals surface area contributed by atoms with E-state index < -0.39 is 9.84 Å². The van der Waals surface area contributed by atoms with Gasteiger partial charge in [-0.15, -0.1) is 0 Å². The Balaban J connectivity index is 2.24. The summed E-state index contributed by atoms with van der Waals surface area (Å²) in [6.07, 6.45) is 4.99. The minimum absolute atomic E-state index is 0.0183. The Morgan fingerprint density at radius 2 is 2.40 bits per heavy atom. The van der Waals surface area contributed by atoms with E-state index in [9.17, 15) is 8.42 Å². The fourth-order valence-corrected chi connectivity index (χ4v) is 3.72. The predicted octanol–water partition coefficient (Wildman–Crippen LogP) is 0.0915. The first-order valence-corrected chi connectivity index (χ1v) is 6.86. The second kappa shape index (κ2) is 3.94. The van der Waals surface area contributed by atoms with E-state index in [0.717, 1.165) is 18.5 Å².